The molecular formula is C16H23N3O4. The Morgan fingerprint density at radius 3 is 2.57 bits per heavy atom. The number of carbonyl (C=O) groups is 2. The predicted molar refractivity (Wildman–Crippen MR) is 85.6 cm³/mol. The number of aromatic carboxylic acids is 1. The smallest absolute Gasteiger partial charge is 0.341 e. The van der Waals surface area contributed by atoms with Crippen LogP contribution in [0.3, 0.4) is 0 Å². The molecule has 0 saturated carbocycles. The summed E-state index contributed by atoms with van der Waals surface area (Å²) in [4.78, 5) is 39.3. The molecule has 1 N–H and O–H groups in total. The van der Waals surface area contributed by atoms with E-state index in [0.717, 1.165) is 5.56 Å². The van der Waals surface area contributed by atoms with Crippen molar-refractivity contribution >= 4 is 11.9 Å². The summed E-state index contributed by atoms with van der Waals surface area (Å²) in [5.74, 6) is -1.25. The van der Waals surface area contributed by atoms with Crippen LogP contribution >= 0.6 is 0 Å². The highest BCUT2D eigenvalue weighted by atomic mass is 16.4. The van der Waals surface area contributed by atoms with Crippen LogP contribution in [0.2, 0.25) is 0 Å². The Labute approximate surface area is 135 Å². The Morgan fingerprint density at radius 1 is 1.39 bits per heavy atom. The van der Waals surface area contributed by atoms with Crippen molar-refractivity contribution in [2.45, 2.75) is 39.4 Å². The van der Waals surface area contributed by atoms with Gasteiger partial charge in [0.05, 0.1) is 0 Å². The maximum absolute atomic E-state index is 12.5. The molecule has 126 valence electrons. The molecule has 0 spiro atoms. The van der Waals surface area contributed by atoms with Gasteiger partial charge in [0, 0.05) is 38.8 Å². The summed E-state index contributed by atoms with van der Waals surface area (Å²) in [5, 5.41) is 9.46. The summed E-state index contributed by atoms with van der Waals surface area (Å²) in [5.41, 5.74) is 0.682. The summed E-state index contributed by atoms with van der Waals surface area (Å²) in [6.07, 6.45) is 2.11. The van der Waals surface area contributed by atoms with Crippen molar-refractivity contribution < 1.29 is 14.7 Å². The first-order chi connectivity index (χ1) is 10.7. The van der Waals surface area contributed by atoms with E-state index in [4.69, 9.17) is 0 Å². The fraction of sp³-hybridized carbons (Fsp3) is 0.562. The Hall–Kier alpha value is -2.15. The van der Waals surface area contributed by atoms with Gasteiger partial charge in [0.1, 0.15) is 5.56 Å². The number of aromatic nitrogens is 1. The average molecular weight is 321 g/mol. The van der Waals surface area contributed by atoms with Crippen LogP contribution < -0.4 is 5.56 Å². The van der Waals surface area contributed by atoms with Crippen molar-refractivity contribution in [2.75, 3.05) is 20.6 Å². The van der Waals surface area contributed by atoms with Crippen LogP contribution in [0.25, 0.3) is 0 Å². The molecule has 0 bridgehead atoms. The van der Waals surface area contributed by atoms with Crippen LogP contribution in [0, 0.1) is 0 Å². The number of amides is 1. The van der Waals surface area contributed by atoms with Crippen molar-refractivity contribution in [3.63, 3.8) is 0 Å². The third-order valence-electron chi connectivity index (χ3n) is 4.47. The van der Waals surface area contributed by atoms with Gasteiger partial charge >= 0.3 is 5.97 Å². The van der Waals surface area contributed by atoms with Crippen LogP contribution in [0.15, 0.2) is 11.0 Å². The highest BCUT2D eigenvalue weighted by Gasteiger charge is 2.27. The van der Waals surface area contributed by atoms with E-state index < -0.39 is 11.5 Å². The number of pyridine rings is 1. The molecule has 1 amide bonds. The first-order valence-electron chi connectivity index (χ1n) is 7.62. The summed E-state index contributed by atoms with van der Waals surface area (Å²) >= 11 is 0. The van der Waals surface area contributed by atoms with Crippen LogP contribution in [0.1, 0.15) is 35.3 Å². The van der Waals surface area contributed by atoms with Crippen molar-refractivity contribution in [3.05, 3.63) is 33.2 Å². The van der Waals surface area contributed by atoms with E-state index in [2.05, 4.69) is 0 Å². The van der Waals surface area contributed by atoms with Gasteiger partial charge in [-0.2, -0.15) is 0 Å². The molecular weight excluding hydrogens is 298 g/mol. The minimum absolute atomic E-state index is 0.0491. The molecule has 0 saturated heterocycles. The summed E-state index contributed by atoms with van der Waals surface area (Å²) < 4.78 is 1.45. The van der Waals surface area contributed by atoms with Gasteiger partial charge in [-0.1, -0.05) is 0 Å². The van der Waals surface area contributed by atoms with Gasteiger partial charge in [-0.15, -0.1) is 0 Å². The van der Waals surface area contributed by atoms with E-state index >= 15 is 0 Å². The highest BCUT2D eigenvalue weighted by molar-refractivity contribution is 5.89. The van der Waals surface area contributed by atoms with Gasteiger partial charge in [-0.25, -0.2) is 4.79 Å². The number of hydrogen-bond donors (Lipinski definition) is 1. The number of rotatable bonds is 4. The van der Waals surface area contributed by atoms with Gasteiger partial charge < -0.3 is 19.5 Å². The molecule has 0 aliphatic carbocycles. The molecule has 0 fully saturated rings. The van der Waals surface area contributed by atoms with Crippen molar-refractivity contribution in [1.29, 1.82) is 0 Å². The summed E-state index contributed by atoms with van der Waals surface area (Å²) in [7, 11) is 3.81. The van der Waals surface area contributed by atoms with E-state index in [-0.39, 0.29) is 17.5 Å². The van der Waals surface area contributed by atoms with Crippen LogP contribution in [-0.2, 0) is 24.3 Å². The lowest BCUT2D eigenvalue weighted by molar-refractivity contribution is -0.129. The van der Waals surface area contributed by atoms with Gasteiger partial charge in [-0.3, -0.25) is 9.59 Å². The zero-order valence-electron chi connectivity index (χ0n) is 14.0. The molecule has 23 heavy (non-hydrogen) atoms. The van der Waals surface area contributed by atoms with Crippen LogP contribution in [0.4, 0.5) is 0 Å². The fourth-order valence-corrected chi connectivity index (χ4v) is 2.78. The van der Waals surface area contributed by atoms with E-state index in [1.54, 1.807) is 11.1 Å². The van der Waals surface area contributed by atoms with E-state index in [1.165, 1.54) is 11.5 Å². The topological polar surface area (TPSA) is 82.9 Å². The number of carboxylic acid groups (broad SMARTS) is 1. The van der Waals surface area contributed by atoms with E-state index in [1.807, 2.05) is 25.9 Å². The number of likely N-dealkylation sites (N-methyl/N-ethyl adjacent to an activating group) is 1. The molecule has 2 rings (SSSR count). The standard InChI is InChI=1S/C16H23N3O4/c1-10(17(3)4)7-19-9-12-8-18(11(2)20)6-5-13(12)14(15(19)21)16(22)23/h9-10H,5-8H2,1-4H3,(H,22,23). The van der Waals surface area contributed by atoms with Gasteiger partial charge in [0.15, 0.2) is 0 Å². The lowest BCUT2D eigenvalue weighted by Gasteiger charge is -2.30. The second kappa shape index (κ2) is 6.54. The summed E-state index contributed by atoms with van der Waals surface area (Å²) in [6, 6.07) is 0.0832. The number of nitrogens with zero attached hydrogens (tertiary/aromatic N) is 3. The third kappa shape index (κ3) is 3.44. The lowest BCUT2D eigenvalue weighted by atomic mass is 9.96. The molecule has 2 heterocycles. The van der Waals surface area contributed by atoms with Crippen molar-refractivity contribution in [3.8, 4) is 0 Å². The Bertz CT molecular complexity index is 693. The molecule has 0 aromatic carbocycles. The first kappa shape index (κ1) is 17.2. The second-order valence-electron chi connectivity index (χ2n) is 6.27. The average Bonchev–Trinajstić information content (AvgIpc) is 2.46. The van der Waals surface area contributed by atoms with Crippen molar-refractivity contribution in [2.24, 2.45) is 0 Å². The van der Waals surface area contributed by atoms with Crippen LogP contribution in [-0.4, -0.2) is 58.0 Å². The van der Waals surface area contributed by atoms with E-state index in [0.29, 0.717) is 31.6 Å². The quantitative estimate of drug-likeness (QED) is 0.868. The molecule has 7 heteroatoms. The predicted octanol–water partition coefficient (Wildman–Crippen LogP) is 0.401. The van der Waals surface area contributed by atoms with Gasteiger partial charge in [0.2, 0.25) is 5.91 Å². The molecule has 1 aromatic rings. The zero-order valence-corrected chi connectivity index (χ0v) is 14.0. The second-order valence-corrected chi connectivity index (χ2v) is 6.27. The number of carboxylic acids is 1. The van der Waals surface area contributed by atoms with Crippen molar-refractivity contribution in [1.82, 2.24) is 14.4 Å². The largest absolute Gasteiger partial charge is 0.477 e. The number of carbonyl (C=O) groups excluding carboxylic acids is 1. The Kier molecular flexibility index (Phi) is 4.89. The normalized spacial score (nSPS) is 15.4. The first-order valence-corrected chi connectivity index (χ1v) is 7.62. The molecule has 0 radical (unpaired) electrons. The molecule has 1 atom stereocenters. The Morgan fingerprint density at radius 2 is 2.04 bits per heavy atom. The minimum Gasteiger partial charge on any atom is -0.477 e. The van der Waals surface area contributed by atoms with Gasteiger partial charge in [0.25, 0.3) is 5.56 Å². The number of hydrogen-bond acceptors (Lipinski definition) is 4. The zero-order chi connectivity index (χ0) is 17.3. The number of fused-ring (bicyclic) bond motifs is 1. The third-order valence-corrected chi connectivity index (χ3v) is 4.47. The van der Waals surface area contributed by atoms with Gasteiger partial charge in [-0.05, 0) is 38.6 Å². The molecule has 1 aromatic heterocycles. The SMILES string of the molecule is CC(=O)N1CCc2c(cn(CC(C)N(C)C)c(=O)c2C(=O)O)C1. The molecule has 7 nitrogen and oxygen atoms in total. The monoisotopic (exact) mass is 321 g/mol. The Balaban J connectivity index is 2.52. The summed E-state index contributed by atoms with van der Waals surface area (Å²) in [6.45, 7) is 4.66. The fourth-order valence-electron chi connectivity index (χ4n) is 2.78. The minimum atomic E-state index is -1.20. The van der Waals surface area contributed by atoms with E-state index in [9.17, 15) is 19.5 Å². The van der Waals surface area contributed by atoms with Crippen LogP contribution in [0.5, 0.6) is 0 Å². The lowest BCUT2D eigenvalue weighted by Crippen LogP contribution is -2.40. The molecule has 1 aliphatic rings. The maximum Gasteiger partial charge on any atom is 0.341 e. The maximum atomic E-state index is 12.5. The molecule has 1 unspecified atom stereocenters. The molecule has 1 aliphatic heterocycles. The highest BCUT2D eigenvalue weighted by Crippen LogP contribution is 2.21.